The van der Waals surface area contributed by atoms with Crippen LogP contribution >= 0.6 is 27.5 Å². The average Bonchev–Trinajstić information content (AvgIpc) is 2.59. The first-order valence-corrected chi connectivity index (χ1v) is 9.40. The Hall–Kier alpha value is -2.19. The maximum Gasteiger partial charge on any atom is 0.260 e. The number of aromatic nitrogens is 1. The van der Waals surface area contributed by atoms with E-state index in [9.17, 15) is 14.0 Å². The van der Waals surface area contributed by atoms with Gasteiger partial charge in [0.15, 0.2) is 0 Å². The Morgan fingerprint density at radius 1 is 1.44 bits per heavy atom. The summed E-state index contributed by atoms with van der Waals surface area (Å²) in [6.45, 7) is 3.50. The molecule has 27 heavy (non-hydrogen) atoms. The first-order chi connectivity index (χ1) is 12.8. The molecule has 3 rings (SSSR count). The van der Waals surface area contributed by atoms with E-state index >= 15 is 0 Å². The van der Waals surface area contributed by atoms with Gasteiger partial charge in [-0.2, -0.15) is 0 Å². The Bertz CT molecular complexity index is 909. The summed E-state index contributed by atoms with van der Waals surface area (Å²) in [5.41, 5.74) is 0.883. The van der Waals surface area contributed by atoms with Gasteiger partial charge in [-0.3, -0.25) is 9.59 Å². The summed E-state index contributed by atoms with van der Waals surface area (Å²) < 4.78 is 14.2. The zero-order chi connectivity index (χ0) is 19.7. The second kappa shape index (κ2) is 7.82. The number of halogens is 3. The molecule has 142 valence electrons. The van der Waals surface area contributed by atoms with Crippen LogP contribution in [0, 0.1) is 5.82 Å². The van der Waals surface area contributed by atoms with Gasteiger partial charge in [-0.25, -0.2) is 9.37 Å². The van der Waals surface area contributed by atoms with Crippen LogP contribution in [-0.2, 0) is 4.79 Å². The van der Waals surface area contributed by atoms with Gasteiger partial charge in [0.25, 0.3) is 5.91 Å². The predicted octanol–water partition coefficient (Wildman–Crippen LogP) is 3.73. The third-order valence-electron chi connectivity index (χ3n) is 3.95. The summed E-state index contributed by atoms with van der Waals surface area (Å²) in [5.74, 6) is -0.838. The number of hydrogen-bond donors (Lipinski definition) is 2. The topological polar surface area (TPSA) is 74.3 Å². The van der Waals surface area contributed by atoms with E-state index in [4.69, 9.17) is 11.6 Å². The van der Waals surface area contributed by atoms with Gasteiger partial charge in [-0.15, -0.1) is 0 Å². The molecule has 1 aromatic heterocycles. The molecule has 2 amide bonds. The Labute approximate surface area is 169 Å². The molecule has 6 nitrogen and oxygen atoms in total. The number of nitrogens with zero attached hydrogens (tertiary/aromatic N) is 2. The van der Waals surface area contributed by atoms with Crippen LogP contribution in [0.25, 0.3) is 0 Å². The Balaban J connectivity index is 2.01. The number of hydrogen-bond acceptors (Lipinski definition) is 4. The lowest BCUT2D eigenvalue weighted by Gasteiger charge is -2.37. The molecule has 1 unspecified atom stereocenters. The predicted molar refractivity (Wildman–Crippen MR) is 104 cm³/mol. The number of fused-ring (bicyclic) bond motifs is 1. The van der Waals surface area contributed by atoms with Gasteiger partial charge in [0.05, 0.1) is 10.6 Å². The van der Waals surface area contributed by atoms with Gasteiger partial charge in [-0.05, 0) is 53.5 Å². The minimum atomic E-state index is -0.713. The Morgan fingerprint density at radius 2 is 2.19 bits per heavy atom. The number of carbonyl (C=O) groups is 2. The van der Waals surface area contributed by atoms with E-state index in [1.165, 1.54) is 23.1 Å². The van der Waals surface area contributed by atoms with Crippen molar-refractivity contribution in [1.29, 1.82) is 0 Å². The summed E-state index contributed by atoms with van der Waals surface area (Å²) in [6, 6.07) is 5.74. The highest BCUT2D eigenvalue weighted by molar-refractivity contribution is 9.10. The molecule has 2 N–H and O–H groups in total. The molecule has 0 aliphatic carbocycles. The van der Waals surface area contributed by atoms with Crippen LogP contribution in [0.15, 0.2) is 34.9 Å². The summed E-state index contributed by atoms with van der Waals surface area (Å²) >= 11 is 9.20. The van der Waals surface area contributed by atoms with Gasteiger partial charge in [-0.1, -0.05) is 17.7 Å². The lowest BCUT2D eigenvalue weighted by molar-refractivity contribution is -0.122. The van der Waals surface area contributed by atoms with E-state index in [0.29, 0.717) is 21.4 Å². The van der Waals surface area contributed by atoms with Crippen LogP contribution in [0.1, 0.15) is 35.9 Å². The SMILES string of the molecule is CC(C)NC(=O)CN1C(=O)c2cc(Br)cnc2NC1c1ccc(F)c(Cl)c1. The van der Waals surface area contributed by atoms with Gasteiger partial charge >= 0.3 is 0 Å². The summed E-state index contributed by atoms with van der Waals surface area (Å²) in [6.07, 6.45) is 0.851. The molecule has 1 atom stereocenters. The average molecular weight is 456 g/mol. The van der Waals surface area contributed by atoms with Crippen LogP contribution in [0.4, 0.5) is 10.2 Å². The van der Waals surface area contributed by atoms with E-state index in [1.54, 1.807) is 12.3 Å². The van der Waals surface area contributed by atoms with Gasteiger partial charge in [0.2, 0.25) is 5.91 Å². The van der Waals surface area contributed by atoms with Crippen molar-refractivity contribution in [3.05, 3.63) is 56.9 Å². The molecule has 1 aromatic carbocycles. The Kier molecular flexibility index (Phi) is 5.67. The van der Waals surface area contributed by atoms with Crippen molar-refractivity contribution in [1.82, 2.24) is 15.2 Å². The van der Waals surface area contributed by atoms with Crippen LogP contribution in [0.2, 0.25) is 5.02 Å². The van der Waals surface area contributed by atoms with E-state index in [1.807, 2.05) is 13.8 Å². The number of pyridine rings is 1. The fourth-order valence-corrected chi connectivity index (χ4v) is 3.35. The molecule has 1 aliphatic rings. The molecule has 0 bridgehead atoms. The maximum atomic E-state index is 13.6. The van der Waals surface area contributed by atoms with Crippen molar-refractivity contribution >= 4 is 45.2 Å². The largest absolute Gasteiger partial charge is 0.352 e. The van der Waals surface area contributed by atoms with Crippen LogP contribution in [0.5, 0.6) is 0 Å². The van der Waals surface area contributed by atoms with Crippen molar-refractivity contribution in [2.45, 2.75) is 26.1 Å². The number of rotatable bonds is 4. The van der Waals surface area contributed by atoms with Gasteiger partial charge < -0.3 is 15.5 Å². The monoisotopic (exact) mass is 454 g/mol. The lowest BCUT2D eigenvalue weighted by atomic mass is 10.1. The minimum absolute atomic E-state index is 0.0628. The van der Waals surface area contributed by atoms with E-state index in [2.05, 4.69) is 31.5 Å². The summed E-state index contributed by atoms with van der Waals surface area (Å²) in [7, 11) is 0. The van der Waals surface area contributed by atoms with Crippen LogP contribution < -0.4 is 10.6 Å². The first kappa shape index (κ1) is 19.6. The summed E-state index contributed by atoms with van der Waals surface area (Å²) in [4.78, 5) is 31.0. The highest BCUT2D eigenvalue weighted by atomic mass is 79.9. The number of benzene rings is 1. The second-order valence-electron chi connectivity index (χ2n) is 6.43. The molecule has 0 radical (unpaired) electrons. The smallest absolute Gasteiger partial charge is 0.260 e. The molecule has 0 saturated heterocycles. The molecule has 2 heterocycles. The van der Waals surface area contributed by atoms with Crippen molar-refractivity contribution in [3.63, 3.8) is 0 Å². The molecular weight excluding hydrogens is 439 g/mol. The zero-order valence-corrected chi connectivity index (χ0v) is 16.9. The standard InChI is InChI=1S/C18H17BrClFN4O2/c1-9(2)23-15(26)8-25-17(10-3-4-14(21)13(20)5-10)24-16-12(18(25)27)6-11(19)7-22-16/h3-7,9,17H,8H2,1-2H3,(H,22,24)(H,23,26). The van der Waals surface area contributed by atoms with Crippen LogP contribution in [0.3, 0.4) is 0 Å². The third-order valence-corrected chi connectivity index (χ3v) is 4.68. The molecule has 9 heteroatoms. The molecule has 1 aliphatic heterocycles. The molecule has 0 saturated carbocycles. The fourth-order valence-electron chi connectivity index (χ4n) is 2.83. The normalized spacial score (nSPS) is 16.1. The minimum Gasteiger partial charge on any atom is -0.352 e. The van der Waals surface area contributed by atoms with Crippen molar-refractivity contribution in [3.8, 4) is 0 Å². The highest BCUT2D eigenvalue weighted by Gasteiger charge is 2.35. The number of amides is 2. The maximum absolute atomic E-state index is 13.6. The van der Waals surface area contributed by atoms with Gasteiger partial charge in [0.1, 0.15) is 24.3 Å². The second-order valence-corrected chi connectivity index (χ2v) is 7.75. The van der Waals surface area contributed by atoms with E-state index in [-0.39, 0.29) is 29.4 Å². The molecule has 0 spiro atoms. The summed E-state index contributed by atoms with van der Waals surface area (Å²) in [5, 5.41) is 5.84. The van der Waals surface area contributed by atoms with E-state index in [0.717, 1.165) is 0 Å². The van der Waals surface area contributed by atoms with Crippen molar-refractivity contribution in [2.24, 2.45) is 0 Å². The van der Waals surface area contributed by atoms with Crippen LogP contribution in [-0.4, -0.2) is 34.3 Å². The number of anilines is 1. The molecule has 2 aromatic rings. The highest BCUT2D eigenvalue weighted by Crippen LogP contribution is 2.34. The quantitative estimate of drug-likeness (QED) is 0.737. The fraction of sp³-hybridized carbons (Fsp3) is 0.278. The van der Waals surface area contributed by atoms with E-state index < -0.39 is 12.0 Å². The molecule has 0 fully saturated rings. The lowest BCUT2D eigenvalue weighted by Crippen LogP contribution is -2.49. The number of carbonyl (C=O) groups excluding carboxylic acids is 2. The van der Waals surface area contributed by atoms with Crippen molar-refractivity contribution < 1.29 is 14.0 Å². The van der Waals surface area contributed by atoms with Crippen molar-refractivity contribution in [2.75, 3.05) is 11.9 Å². The number of nitrogens with one attached hydrogen (secondary N) is 2. The zero-order valence-electron chi connectivity index (χ0n) is 14.6. The first-order valence-electron chi connectivity index (χ1n) is 8.23. The third kappa shape index (κ3) is 4.22. The molecular formula is C18H17BrClFN4O2. The van der Waals surface area contributed by atoms with Gasteiger partial charge in [0, 0.05) is 16.7 Å². The Morgan fingerprint density at radius 3 is 2.85 bits per heavy atom.